The Kier molecular flexibility index (Phi) is 5.79. The van der Waals surface area contributed by atoms with Crippen molar-refractivity contribution >= 4 is 15.9 Å². The molecule has 0 saturated carbocycles. The van der Waals surface area contributed by atoms with Crippen molar-refractivity contribution in [3.8, 4) is 0 Å². The number of likely N-dealkylation sites (N-methyl/N-ethyl adjacent to an activating group) is 1. The first-order valence-electron chi connectivity index (χ1n) is 6.92. The van der Waals surface area contributed by atoms with Crippen LogP contribution in [-0.4, -0.2) is 25.8 Å². The van der Waals surface area contributed by atoms with E-state index in [1.165, 1.54) is 25.0 Å². The van der Waals surface area contributed by atoms with Crippen molar-refractivity contribution in [2.45, 2.75) is 44.2 Å². The molecule has 0 aromatic heterocycles. The van der Waals surface area contributed by atoms with Crippen LogP contribution in [0.15, 0.2) is 22.7 Å². The maximum atomic E-state index is 13.1. The highest BCUT2D eigenvalue weighted by Gasteiger charge is 2.18. The summed E-state index contributed by atoms with van der Waals surface area (Å²) in [5.74, 6) is -0.198. The van der Waals surface area contributed by atoms with Gasteiger partial charge in [-0.25, -0.2) is 4.39 Å². The van der Waals surface area contributed by atoms with Gasteiger partial charge in [-0.05, 0) is 56.8 Å². The molecule has 1 N–H and O–H groups in total. The fourth-order valence-corrected chi connectivity index (χ4v) is 3.07. The quantitative estimate of drug-likeness (QED) is 0.859. The molecule has 1 heterocycles. The molecule has 1 saturated heterocycles. The Morgan fingerprint density at radius 1 is 1.53 bits per heavy atom. The van der Waals surface area contributed by atoms with Crippen LogP contribution in [0.3, 0.4) is 0 Å². The zero-order valence-corrected chi connectivity index (χ0v) is 12.9. The van der Waals surface area contributed by atoms with E-state index < -0.39 is 0 Å². The predicted molar refractivity (Wildman–Crippen MR) is 78.9 cm³/mol. The fourth-order valence-electron chi connectivity index (χ4n) is 2.56. The van der Waals surface area contributed by atoms with E-state index in [4.69, 9.17) is 4.74 Å². The van der Waals surface area contributed by atoms with E-state index in [0.29, 0.717) is 12.1 Å². The van der Waals surface area contributed by atoms with Gasteiger partial charge < -0.3 is 10.1 Å². The van der Waals surface area contributed by atoms with Gasteiger partial charge >= 0.3 is 0 Å². The van der Waals surface area contributed by atoms with Crippen molar-refractivity contribution in [3.05, 3.63) is 34.1 Å². The third-order valence-corrected chi connectivity index (χ3v) is 4.49. The molecule has 2 nitrogen and oxygen atoms in total. The summed E-state index contributed by atoms with van der Waals surface area (Å²) >= 11 is 3.43. The topological polar surface area (TPSA) is 21.3 Å². The summed E-state index contributed by atoms with van der Waals surface area (Å²) in [6.45, 7) is 0.915. The van der Waals surface area contributed by atoms with E-state index in [0.717, 1.165) is 35.9 Å². The summed E-state index contributed by atoms with van der Waals surface area (Å²) in [5, 5.41) is 3.35. The molecule has 1 aliphatic rings. The minimum atomic E-state index is -0.198. The lowest BCUT2D eigenvalue weighted by Crippen LogP contribution is -2.29. The summed E-state index contributed by atoms with van der Waals surface area (Å²) in [6.07, 6.45) is 5.92. The van der Waals surface area contributed by atoms with Crippen molar-refractivity contribution in [2.24, 2.45) is 0 Å². The SMILES string of the molecule is CNC(CCC1CCCO1)Cc1ccc(F)cc1Br. The Hall–Kier alpha value is -0.450. The Morgan fingerprint density at radius 2 is 2.37 bits per heavy atom. The molecule has 4 heteroatoms. The van der Waals surface area contributed by atoms with Crippen molar-refractivity contribution < 1.29 is 9.13 Å². The monoisotopic (exact) mass is 329 g/mol. The van der Waals surface area contributed by atoms with Crippen molar-refractivity contribution in [3.63, 3.8) is 0 Å². The van der Waals surface area contributed by atoms with Crippen molar-refractivity contribution in [1.82, 2.24) is 5.32 Å². The van der Waals surface area contributed by atoms with E-state index in [1.807, 2.05) is 13.1 Å². The summed E-state index contributed by atoms with van der Waals surface area (Å²) in [4.78, 5) is 0. The van der Waals surface area contributed by atoms with Crippen molar-refractivity contribution in [2.75, 3.05) is 13.7 Å². The van der Waals surface area contributed by atoms with Gasteiger partial charge in [0.25, 0.3) is 0 Å². The molecule has 19 heavy (non-hydrogen) atoms. The number of rotatable bonds is 6. The minimum Gasteiger partial charge on any atom is -0.378 e. The minimum absolute atomic E-state index is 0.198. The van der Waals surface area contributed by atoms with Gasteiger partial charge in [-0.2, -0.15) is 0 Å². The number of hydrogen-bond acceptors (Lipinski definition) is 2. The molecule has 0 bridgehead atoms. The zero-order chi connectivity index (χ0) is 13.7. The summed E-state index contributed by atoms with van der Waals surface area (Å²) < 4.78 is 19.6. The first-order chi connectivity index (χ1) is 9.19. The highest BCUT2D eigenvalue weighted by Crippen LogP contribution is 2.22. The van der Waals surface area contributed by atoms with Gasteiger partial charge in [-0.15, -0.1) is 0 Å². The normalized spacial score (nSPS) is 20.7. The summed E-state index contributed by atoms with van der Waals surface area (Å²) in [7, 11) is 1.98. The fraction of sp³-hybridized carbons (Fsp3) is 0.600. The Morgan fingerprint density at radius 3 is 3.00 bits per heavy atom. The standard InChI is InChI=1S/C15H21BrFNO/c1-18-13(6-7-14-3-2-8-19-14)9-11-4-5-12(17)10-15(11)16/h4-5,10,13-14,18H,2-3,6-9H2,1H3. The predicted octanol–water partition coefficient (Wildman–Crippen LogP) is 3.68. The van der Waals surface area contributed by atoms with Crippen LogP contribution < -0.4 is 5.32 Å². The lowest BCUT2D eigenvalue weighted by atomic mass is 9.99. The van der Waals surface area contributed by atoms with Gasteiger partial charge in [0.15, 0.2) is 0 Å². The van der Waals surface area contributed by atoms with Gasteiger partial charge in [0, 0.05) is 17.1 Å². The van der Waals surface area contributed by atoms with Crippen LogP contribution in [0, 0.1) is 5.82 Å². The van der Waals surface area contributed by atoms with Gasteiger partial charge in [0.1, 0.15) is 5.82 Å². The molecule has 106 valence electrons. The van der Waals surface area contributed by atoms with Gasteiger partial charge in [0.2, 0.25) is 0 Å². The van der Waals surface area contributed by atoms with E-state index in [2.05, 4.69) is 21.2 Å². The van der Waals surface area contributed by atoms with Crippen molar-refractivity contribution in [1.29, 1.82) is 0 Å². The molecule has 1 aromatic rings. The van der Waals surface area contributed by atoms with E-state index in [1.54, 1.807) is 0 Å². The maximum Gasteiger partial charge on any atom is 0.124 e. The van der Waals surface area contributed by atoms with E-state index in [9.17, 15) is 4.39 Å². The molecule has 0 aliphatic carbocycles. The Bertz CT molecular complexity index is 407. The van der Waals surface area contributed by atoms with Crippen LogP contribution >= 0.6 is 15.9 Å². The number of ether oxygens (including phenoxy) is 1. The van der Waals surface area contributed by atoms with Gasteiger partial charge in [-0.3, -0.25) is 0 Å². The third-order valence-electron chi connectivity index (χ3n) is 3.75. The molecule has 1 aromatic carbocycles. The van der Waals surface area contributed by atoms with Gasteiger partial charge in [0.05, 0.1) is 6.10 Å². The first kappa shape index (κ1) is 14.9. The van der Waals surface area contributed by atoms with Crippen LogP contribution in [-0.2, 0) is 11.2 Å². The average molecular weight is 330 g/mol. The smallest absolute Gasteiger partial charge is 0.124 e. The zero-order valence-electron chi connectivity index (χ0n) is 11.3. The van der Waals surface area contributed by atoms with E-state index >= 15 is 0 Å². The number of nitrogens with one attached hydrogen (secondary N) is 1. The van der Waals surface area contributed by atoms with Gasteiger partial charge in [-0.1, -0.05) is 22.0 Å². The lowest BCUT2D eigenvalue weighted by molar-refractivity contribution is 0.0998. The number of benzene rings is 1. The number of hydrogen-bond donors (Lipinski definition) is 1. The summed E-state index contributed by atoms with van der Waals surface area (Å²) in [6, 6.07) is 5.32. The molecule has 0 amide bonds. The maximum absolute atomic E-state index is 13.1. The molecular weight excluding hydrogens is 309 g/mol. The second-order valence-electron chi connectivity index (χ2n) is 5.14. The van der Waals surface area contributed by atoms with Crippen LogP contribution in [0.5, 0.6) is 0 Å². The molecule has 2 unspecified atom stereocenters. The van der Waals surface area contributed by atoms with Crippen LogP contribution in [0.25, 0.3) is 0 Å². The Balaban J connectivity index is 1.86. The molecular formula is C15H21BrFNO. The molecule has 1 aliphatic heterocycles. The molecule has 2 rings (SSSR count). The first-order valence-corrected chi connectivity index (χ1v) is 7.71. The van der Waals surface area contributed by atoms with Crippen LogP contribution in [0.2, 0.25) is 0 Å². The largest absolute Gasteiger partial charge is 0.378 e. The third kappa shape index (κ3) is 4.55. The highest BCUT2D eigenvalue weighted by molar-refractivity contribution is 9.10. The number of halogens is 2. The summed E-state index contributed by atoms with van der Waals surface area (Å²) in [5.41, 5.74) is 1.15. The van der Waals surface area contributed by atoms with E-state index in [-0.39, 0.29) is 5.82 Å². The molecule has 0 spiro atoms. The second-order valence-corrected chi connectivity index (χ2v) is 5.99. The lowest BCUT2D eigenvalue weighted by Gasteiger charge is -2.19. The van der Waals surface area contributed by atoms with Crippen LogP contribution in [0.1, 0.15) is 31.2 Å². The Labute approximate surface area is 122 Å². The highest BCUT2D eigenvalue weighted by atomic mass is 79.9. The average Bonchev–Trinajstić information content (AvgIpc) is 2.90. The second kappa shape index (κ2) is 7.36. The van der Waals surface area contributed by atoms with Crippen LogP contribution in [0.4, 0.5) is 4.39 Å². The molecule has 2 atom stereocenters. The molecule has 1 fully saturated rings. The molecule has 0 radical (unpaired) electrons.